The lowest BCUT2D eigenvalue weighted by Gasteiger charge is -2.25. The monoisotopic (exact) mass is 365 g/mol. The molecule has 0 heterocycles. The van der Waals surface area contributed by atoms with E-state index in [1.807, 2.05) is 51.1 Å². The molecule has 2 rings (SSSR count). The van der Waals surface area contributed by atoms with Crippen LogP contribution in [0.2, 0.25) is 0 Å². The van der Waals surface area contributed by atoms with Crippen molar-refractivity contribution in [3.8, 4) is 0 Å². The van der Waals surface area contributed by atoms with E-state index in [9.17, 15) is 4.21 Å². The molecule has 2 unspecified atom stereocenters. The Balaban J connectivity index is 2.36. The van der Waals surface area contributed by atoms with Crippen molar-refractivity contribution in [1.82, 2.24) is 4.72 Å². The van der Waals surface area contributed by atoms with Crippen LogP contribution in [-0.4, -0.2) is 8.96 Å². The van der Waals surface area contributed by atoms with Gasteiger partial charge in [-0.2, -0.15) is 0 Å². The van der Waals surface area contributed by atoms with Gasteiger partial charge in [0.05, 0.1) is 21.8 Å². The molecule has 0 bridgehead atoms. The Kier molecular flexibility index (Phi) is 5.36. The van der Waals surface area contributed by atoms with Gasteiger partial charge in [-0.1, -0.05) is 58.4 Å². The van der Waals surface area contributed by atoms with Crippen LogP contribution < -0.4 is 4.72 Å². The third kappa shape index (κ3) is 4.50. The van der Waals surface area contributed by atoms with Crippen LogP contribution >= 0.6 is 15.9 Å². The van der Waals surface area contributed by atoms with Crippen molar-refractivity contribution in [3.63, 3.8) is 0 Å². The lowest BCUT2D eigenvalue weighted by atomic mass is 10.00. The molecule has 112 valence electrons. The Morgan fingerprint density at radius 3 is 2.00 bits per heavy atom. The molecule has 0 radical (unpaired) electrons. The topological polar surface area (TPSA) is 29.1 Å². The molecule has 0 spiro atoms. The summed E-state index contributed by atoms with van der Waals surface area (Å²) in [5, 5.41) is 0. The smallest absolute Gasteiger partial charge is 0.0979 e. The van der Waals surface area contributed by atoms with E-state index in [0.717, 1.165) is 15.6 Å². The average Bonchev–Trinajstić information content (AvgIpc) is 2.45. The standard InChI is InChI=1S/C17H20BrNOS/c1-17(2,3)21(20)19-16(13-7-5-4-6-8-13)14-9-11-15(18)12-10-14/h4-12,16,19H,1-3H3. The molecule has 1 N–H and O–H groups in total. The van der Waals surface area contributed by atoms with Crippen LogP contribution in [0.15, 0.2) is 59.1 Å². The normalized spacial score (nSPS) is 14.7. The van der Waals surface area contributed by atoms with Gasteiger partial charge in [-0.15, -0.1) is 0 Å². The number of nitrogens with one attached hydrogen (secondary N) is 1. The summed E-state index contributed by atoms with van der Waals surface area (Å²) >= 11 is 3.45. The van der Waals surface area contributed by atoms with E-state index in [4.69, 9.17) is 0 Å². The van der Waals surface area contributed by atoms with Gasteiger partial charge in [0.2, 0.25) is 0 Å². The third-order valence-electron chi connectivity index (χ3n) is 3.12. The minimum Gasteiger partial charge on any atom is -0.242 e. The maximum atomic E-state index is 12.5. The van der Waals surface area contributed by atoms with Crippen molar-refractivity contribution >= 4 is 26.9 Å². The molecule has 21 heavy (non-hydrogen) atoms. The summed E-state index contributed by atoms with van der Waals surface area (Å²) in [4.78, 5) is 0. The molecule has 0 amide bonds. The molecule has 0 saturated carbocycles. The zero-order valence-electron chi connectivity index (χ0n) is 12.5. The van der Waals surface area contributed by atoms with Crippen LogP contribution in [0, 0.1) is 0 Å². The first-order chi connectivity index (χ1) is 9.88. The Hall–Kier alpha value is -0.970. The first kappa shape index (κ1) is 16.4. The fourth-order valence-corrected chi connectivity index (χ4v) is 3.02. The fourth-order valence-electron chi connectivity index (χ4n) is 1.91. The van der Waals surface area contributed by atoms with E-state index in [-0.39, 0.29) is 10.8 Å². The van der Waals surface area contributed by atoms with E-state index in [1.165, 1.54) is 0 Å². The van der Waals surface area contributed by atoms with Crippen molar-refractivity contribution < 1.29 is 4.21 Å². The molecule has 0 aliphatic heterocycles. The number of halogens is 1. The summed E-state index contributed by atoms with van der Waals surface area (Å²) in [7, 11) is -1.14. The maximum Gasteiger partial charge on any atom is 0.0979 e. The molecule has 0 aromatic heterocycles. The molecular weight excluding hydrogens is 346 g/mol. The molecule has 2 atom stereocenters. The minimum atomic E-state index is -1.14. The van der Waals surface area contributed by atoms with Gasteiger partial charge in [0, 0.05) is 4.47 Å². The SMILES string of the molecule is CC(C)(C)S(=O)NC(c1ccccc1)c1ccc(Br)cc1. The summed E-state index contributed by atoms with van der Waals surface area (Å²) in [5.74, 6) is 0. The van der Waals surface area contributed by atoms with Gasteiger partial charge < -0.3 is 0 Å². The highest BCUT2D eigenvalue weighted by molar-refractivity contribution is 9.10. The fraction of sp³-hybridized carbons (Fsp3) is 0.294. The molecular formula is C17H20BrNOS. The molecule has 0 saturated heterocycles. The first-order valence-electron chi connectivity index (χ1n) is 6.86. The van der Waals surface area contributed by atoms with Crippen LogP contribution in [0.25, 0.3) is 0 Å². The van der Waals surface area contributed by atoms with Crippen LogP contribution in [0.5, 0.6) is 0 Å². The summed E-state index contributed by atoms with van der Waals surface area (Å²) < 4.78 is 16.5. The highest BCUT2D eigenvalue weighted by Gasteiger charge is 2.24. The summed E-state index contributed by atoms with van der Waals surface area (Å²) in [6.45, 7) is 5.92. The van der Waals surface area contributed by atoms with Crippen molar-refractivity contribution in [2.45, 2.75) is 31.6 Å². The zero-order valence-corrected chi connectivity index (χ0v) is 14.9. The van der Waals surface area contributed by atoms with E-state index < -0.39 is 11.0 Å². The second-order valence-corrected chi connectivity index (χ2v) is 8.81. The Morgan fingerprint density at radius 1 is 0.952 bits per heavy atom. The van der Waals surface area contributed by atoms with Gasteiger partial charge in [0.1, 0.15) is 0 Å². The van der Waals surface area contributed by atoms with Gasteiger partial charge in [0.25, 0.3) is 0 Å². The molecule has 0 fully saturated rings. The van der Waals surface area contributed by atoms with Crippen LogP contribution in [-0.2, 0) is 11.0 Å². The van der Waals surface area contributed by atoms with Crippen molar-refractivity contribution in [1.29, 1.82) is 0 Å². The van der Waals surface area contributed by atoms with Gasteiger partial charge in [-0.25, -0.2) is 8.93 Å². The molecule has 4 heteroatoms. The van der Waals surface area contributed by atoms with Crippen molar-refractivity contribution in [3.05, 3.63) is 70.2 Å². The Morgan fingerprint density at radius 2 is 1.48 bits per heavy atom. The number of hydrogen-bond donors (Lipinski definition) is 1. The van der Waals surface area contributed by atoms with Crippen LogP contribution in [0.3, 0.4) is 0 Å². The Bertz CT molecular complexity index is 605. The van der Waals surface area contributed by atoms with Gasteiger partial charge in [0.15, 0.2) is 0 Å². The van der Waals surface area contributed by atoms with Crippen LogP contribution in [0.4, 0.5) is 0 Å². The lowest BCUT2D eigenvalue weighted by molar-refractivity contribution is 0.623. The summed E-state index contributed by atoms with van der Waals surface area (Å²) in [5.41, 5.74) is 2.21. The largest absolute Gasteiger partial charge is 0.242 e. The molecule has 2 aromatic rings. The van der Waals surface area contributed by atoms with Crippen molar-refractivity contribution in [2.75, 3.05) is 0 Å². The molecule has 2 nitrogen and oxygen atoms in total. The second kappa shape index (κ2) is 6.86. The van der Waals surface area contributed by atoms with Crippen LogP contribution in [0.1, 0.15) is 37.9 Å². The quantitative estimate of drug-likeness (QED) is 0.843. The van der Waals surface area contributed by atoms with E-state index in [0.29, 0.717) is 0 Å². The minimum absolute atomic E-state index is 0.0839. The first-order valence-corrected chi connectivity index (χ1v) is 8.80. The van der Waals surface area contributed by atoms with Gasteiger partial charge in [-0.3, -0.25) is 0 Å². The molecule has 2 aromatic carbocycles. The summed E-state index contributed by atoms with van der Waals surface area (Å²) in [6, 6.07) is 18.1. The second-order valence-electron chi connectivity index (χ2n) is 5.89. The molecule has 0 aliphatic carbocycles. The maximum absolute atomic E-state index is 12.5. The lowest BCUT2D eigenvalue weighted by Crippen LogP contribution is -2.36. The van der Waals surface area contributed by atoms with E-state index >= 15 is 0 Å². The van der Waals surface area contributed by atoms with Gasteiger partial charge in [-0.05, 0) is 44.0 Å². The summed E-state index contributed by atoms with van der Waals surface area (Å²) in [6.07, 6.45) is 0. The highest BCUT2D eigenvalue weighted by atomic mass is 79.9. The third-order valence-corrected chi connectivity index (χ3v) is 5.21. The predicted octanol–water partition coefficient (Wildman–Crippen LogP) is 4.59. The predicted molar refractivity (Wildman–Crippen MR) is 93.5 cm³/mol. The number of hydrogen-bond acceptors (Lipinski definition) is 1. The van der Waals surface area contributed by atoms with E-state index in [1.54, 1.807) is 0 Å². The van der Waals surface area contributed by atoms with Crippen molar-refractivity contribution in [2.24, 2.45) is 0 Å². The Labute approximate surface area is 137 Å². The molecule has 0 aliphatic rings. The van der Waals surface area contributed by atoms with E-state index in [2.05, 4.69) is 44.9 Å². The highest BCUT2D eigenvalue weighted by Crippen LogP contribution is 2.25. The number of benzene rings is 2. The zero-order chi connectivity index (χ0) is 15.5. The average molecular weight is 366 g/mol. The van der Waals surface area contributed by atoms with Gasteiger partial charge >= 0.3 is 0 Å². The number of rotatable bonds is 4.